The second-order valence-electron chi connectivity index (χ2n) is 7.34. The van der Waals surface area contributed by atoms with E-state index in [-0.39, 0.29) is 5.41 Å². The molecule has 0 bridgehead atoms. The van der Waals surface area contributed by atoms with Crippen molar-refractivity contribution in [3.63, 3.8) is 0 Å². The number of nitrogens with one attached hydrogen (secondary N) is 1. The molecule has 0 aliphatic carbocycles. The molecule has 0 saturated carbocycles. The lowest BCUT2D eigenvalue weighted by molar-refractivity contribution is 0.545. The first kappa shape index (κ1) is 18.0. The Bertz CT molecular complexity index is 468. The van der Waals surface area contributed by atoms with Gasteiger partial charge in [0, 0.05) is 6.04 Å². The van der Waals surface area contributed by atoms with E-state index in [0.717, 1.165) is 19.3 Å². The van der Waals surface area contributed by atoms with Gasteiger partial charge in [-0.1, -0.05) is 52.0 Å². The summed E-state index contributed by atoms with van der Waals surface area (Å²) in [6.07, 6.45) is 3.21. The van der Waals surface area contributed by atoms with E-state index in [1.54, 1.807) is 0 Å². The van der Waals surface area contributed by atoms with Crippen LogP contribution in [0.5, 0.6) is 0 Å². The average molecular weight is 287 g/mol. The highest BCUT2D eigenvalue weighted by atomic mass is 14.9. The van der Waals surface area contributed by atoms with E-state index in [0.29, 0.717) is 6.04 Å². The van der Waals surface area contributed by atoms with E-state index in [1.807, 2.05) is 0 Å². The first-order valence-electron chi connectivity index (χ1n) is 8.13. The zero-order valence-corrected chi connectivity index (χ0v) is 15.1. The van der Waals surface area contributed by atoms with Gasteiger partial charge >= 0.3 is 0 Å². The molecule has 0 aliphatic heterocycles. The van der Waals surface area contributed by atoms with Gasteiger partial charge in [-0.3, -0.25) is 0 Å². The third-order valence-electron chi connectivity index (χ3n) is 4.46. The molecule has 1 aromatic rings. The van der Waals surface area contributed by atoms with Crippen molar-refractivity contribution in [1.29, 1.82) is 0 Å². The fourth-order valence-electron chi connectivity index (χ4n) is 2.76. The zero-order chi connectivity index (χ0) is 16.2. The largest absolute Gasteiger partial charge is 0.316 e. The Kier molecular flexibility index (Phi) is 6.22. The van der Waals surface area contributed by atoms with Crippen LogP contribution in [0.15, 0.2) is 24.3 Å². The molecule has 0 radical (unpaired) electrons. The molecular formula is C20H33N. The molecule has 0 saturated heterocycles. The Morgan fingerprint density at radius 1 is 1.19 bits per heavy atom. The molecule has 0 heterocycles. The van der Waals surface area contributed by atoms with E-state index in [2.05, 4.69) is 72.6 Å². The van der Waals surface area contributed by atoms with Crippen LogP contribution < -0.4 is 5.32 Å². The van der Waals surface area contributed by atoms with Gasteiger partial charge in [-0.25, -0.2) is 0 Å². The molecule has 1 heteroatoms. The molecule has 1 nitrogen and oxygen atoms in total. The Hall–Kier alpha value is -1.08. The number of benzene rings is 1. The van der Waals surface area contributed by atoms with Crippen molar-refractivity contribution in [2.24, 2.45) is 0 Å². The molecule has 0 fully saturated rings. The van der Waals surface area contributed by atoms with Crippen LogP contribution in [0.2, 0.25) is 0 Å². The van der Waals surface area contributed by atoms with E-state index in [4.69, 9.17) is 0 Å². The van der Waals surface area contributed by atoms with E-state index >= 15 is 0 Å². The highest BCUT2D eigenvalue weighted by Crippen LogP contribution is 2.28. The minimum Gasteiger partial charge on any atom is -0.316 e. The third-order valence-corrected chi connectivity index (χ3v) is 4.46. The molecular weight excluding hydrogens is 254 g/mol. The minimum absolute atomic E-state index is 0.215. The predicted molar refractivity (Wildman–Crippen MR) is 95.2 cm³/mol. The summed E-state index contributed by atoms with van der Waals surface area (Å²) in [6.45, 7) is 17.7. The summed E-state index contributed by atoms with van der Waals surface area (Å²) in [5, 5.41) is 3.45. The number of rotatable bonds is 6. The Labute approximate surface area is 131 Å². The number of hydrogen-bond acceptors (Lipinski definition) is 1. The van der Waals surface area contributed by atoms with E-state index in [9.17, 15) is 0 Å². The van der Waals surface area contributed by atoms with Crippen LogP contribution in [0.3, 0.4) is 0 Å². The second-order valence-corrected chi connectivity index (χ2v) is 7.34. The monoisotopic (exact) mass is 287 g/mol. The van der Waals surface area contributed by atoms with Crippen molar-refractivity contribution in [2.45, 2.75) is 72.3 Å². The molecule has 21 heavy (non-hydrogen) atoms. The predicted octanol–water partition coefficient (Wildman–Crippen LogP) is 5.09. The number of likely N-dealkylation sites (N-methyl/N-ethyl adjacent to an activating group) is 1. The van der Waals surface area contributed by atoms with Crippen molar-refractivity contribution in [3.05, 3.63) is 46.5 Å². The van der Waals surface area contributed by atoms with Crippen LogP contribution in [0, 0.1) is 13.8 Å². The van der Waals surface area contributed by atoms with Gasteiger partial charge in [0.2, 0.25) is 0 Å². The summed E-state index contributed by atoms with van der Waals surface area (Å²) < 4.78 is 0. The summed E-state index contributed by atoms with van der Waals surface area (Å²) in [6, 6.07) is 5.21. The lowest BCUT2D eigenvalue weighted by Crippen LogP contribution is -2.28. The van der Waals surface area contributed by atoms with Crippen LogP contribution >= 0.6 is 0 Å². The molecule has 118 valence electrons. The van der Waals surface area contributed by atoms with Gasteiger partial charge in [0.1, 0.15) is 0 Å². The van der Waals surface area contributed by atoms with Crippen LogP contribution in [0.1, 0.15) is 62.8 Å². The standard InChI is InChI=1S/C20H33N/c1-9-14(2)10-18(21-8)13-19-15(3)11-17(12-16(19)4)20(5,6)7/h11-12,18,21H,2,9-10,13H2,1,3-8H3. The lowest BCUT2D eigenvalue weighted by Gasteiger charge is -2.24. The highest BCUT2D eigenvalue weighted by molar-refractivity contribution is 5.41. The molecule has 0 spiro atoms. The molecule has 1 unspecified atom stereocenters. The summed E-state index contributed by atoms with van der Waals surface area (Å²) >= 11 is 0. The molecule has 0 amide bonds. The third kappa shape index (κ3) is 5.00. The maximum atomic E-state index is 4.15. The maximum absolute atomic E-state index is 4.15. The van der Waals surface area contributed by atoms with Crippen molar-refractivity contribution < 1.29 is 0 Å². The smallest absolute Gasteiger partial charge is 0.0142 e. The second kappa shape index (κ2) is 7.26. The quantitative estimate of drug-likeness (QED) is 0.719. The highest BCUT2D eigenvalue weighted by Gasteiger charge is 2.18. The summed E-state index contributed by atoms with van der Waals surface area (Å²) in [5.74, 6) is 0. The Morgan fingerprint density at radius 2 is 1.71 bits per heavy atom. The number of hydrogen-bond donors (Lipinski definition) is 1. The van der Waals surface area contributed by atoms with Crippen LogP contribution in [-0.2, 0) is 11.8 Å². The van der Waals surface area contributed by atoms with Gasteiger partial charge in [-0.2, -0.15) is 0 Å². The first-order chi connectivity index (χ1) is 9.68. The Morgan fingerprint density at radius 3 is 2.10 bits per heavy atom. The van der Waals surface area contributed by atoms with E-state index < -0.39 is 0 Å². The molecule has 1 atom stereocenters. The van der Waals surface area contributed by atoms with Crippen LogP contribution in [-0.4, -0.2) is 13.1 Å². The molecule has 1 aromatic carbocycles. The van der Waals surface area contributed by atoms with Crippen molar-refractivity contribution in [2.75, 3.05) is 7.05 Å². The topological polar surface area (TPSA) is 12.0 Å². The number of aryl methyl sites for hydroxylation is 2. The van der Waals surface area contributed by atoms with Crippen LogP contribution in [0.25, 0.3) is 0 Å². The van der Waals surface area contributed by atoms with Gasteiger partial charge in [0.25, 0.3) is 0 Å². The van der Waals surface area contributed by atoms with Crippen molar-refractivity contribution >= 4 is 0 Å². The first-order valence-corrected chi connectivity index (χ1v) is 8.13. The molecule has 1 rings (SSSR count). The van der Waals surface area contributed by atoms with E-state index in [1.165, 1.54) is 27.8 Å². The Balaban J connectivity index is 3.00. The van der Waals surface area contributed by atoms with Gasteiger partial charge in [0.05, 0.1) is 0 Å². The lowest BCUT2D eigenvalue weighted by atomic mass is 9.82. The van der Waals surface area contributed by atoms with Gasteiger partial charge in [-0.15, -0.1) is 0 Å². The average Bonchev–Trinajstić information content (AvgIpc) is 2.39. The van der Waals surface area contributed by atoms with Crippen molar-refractivity contribution in [1.82, 2.24) is 5.32 Å². The maximum Gasteiger partial charge on any atom is 0.0142 e. The fourth-order valence-corrected chi connectivity index (χ4v) is 2.76. The summed E-state index contributed by atoms with van der Waals surface area (Å²) in [7, 11) is 2.06. The minimum atomic E-state index is 0.215. The van der Waals surface area contributed by atoms with Gasteiger partial charge in [0.15, 0.2) is 0 Å². The normalized spacial score (nSPS) is 13.3. The summed E-state index contributed by atoms with van der Waals surface area (Å²) in [4.78, 5) is 0. The van der Waals surface area contributed by atoms with Gasteiger partial charge < -0.3 is 5.32 Å². The SMILES string of the molecule is C=C(CC)CC(Cc1c(C)cc(C(C)(C)C)cc1C)NC. The van der Waals surface area contributed by atoms with Gasteiger partial charge in [-0.05, 0) is 67.8 Å². The zero-order valence-electron chi connectivity index (χ0n) is 15.1. The summed E-state index contributed by atoms with van der Waals surface area (Å²) in [5.41, 5.74) is 7.31. The fraction of sp³-hybridized carbons (Fsp3) is 0.600. The molecule has 0 aliphatic rings. The van der Waals surface area contributed by atoms with Crippen LogP contribution in [0.4, 0.5) is 0 Å². The van der Waals surface area contributed by atoms with Crippen molar-refractivity contribution in [3.8, 4) is 0 Å². The molecule has 0 aromatic heterocycles. The molecule has 1 N–H and O–H groups in total.